The van der Waals surface area contributed by atoms with E-state index in [-0.39, 0.29) is 31.3 Å². The van der Waals surface area contributed by atoms with Crippen molar-refractivity contribution in [3.63, 3.8) is 0 Å². The van der Waals surface area contributed by atoms with Gasteiger partial charge in [-0.2, -0.15) is 0 Å². The lowest BCUT2D eigenvalue weighted by atomic mass is 10.1. The molecule has 2 heterocycles. The summed E-state index contributed by atoms with van der Waals surface area (Å²) in [5.41, 5.74) is 2.88. The van der Waals surface area contributed by atoms with Gasteiger partial charge in [0, 0.05) is 35.8 Å². The minimum atomic E-state index is -0.854. The van der Waals surface area contributed by atoms with Crippen molar-refractivity contribution in [2.75, 3.05) is 13.7 Å². The van der Waals surface area contributed by atoms with Gasteiger partial charge in [-0.15, -0.1) is 0 Å². The molecule has 1 aliphatic heterocycles. The van der Waals surface area contributed by atoms with Gasteiger partial charge in [-0.1, -0.05) is 36.4 Å². The SMILES string of the molecule is COc1ccccc1CNC(=O)C[C@@H]1NC(=O)N(CCc2c[nH]c3ccccc23)C1=O. The van der Waals surface area contributed by atoms with E-state index in [0.717, 1.165) is 22.0 Å². The van der Waals surface area contributed by atoms with Crippen LogP contribution in [0.15, 0.2) is 54.7 Å². The van der Waals surface area contributed by atoms with Crippen molar-refractivity contribution in [2.24, 2.45) is 0 Å². The lowest BCUT2D eigenvalue weighted by molar-refractivity contribution is -0.130. The van der Waals surface area contributed by atoms with Gasteiger partial charge in [-0.3, -0.25) is 14.5 Å². The third-order valence-electron chi connectivity index (χ3n) is 5.44. The van der Waals surface area contributed by atoms with Crippen LogP contribution in [0.1, 0.15) is 17.5 Å². The van der Waals surface area contributed by atoms with Gasteiger partial charge in [0.25, 0.3) is 5.91 Å². The summed E-state index contributed by atoms with van der Waals surface area (Å²) in [6.45, 7) is 0.536. The molecular weight excluding hydrogens is 396 g/mol. The molecule has 0 bridgehead atoms. The first-order valence-corrected chi connectivity index (χ1v) is 10.1. The molecule has 0 unspecified atom stereocenters. The molecule has 1 atom stereocenters. The number of amides is 4. The van der Waals surface area contributed by atoms with Gasteiger partial charge >= 0.3 is 6.03 Å². The van der Waals surface area contributed by atoms with Crippen LogP contribution in [-0.2, 0) is 22.6 Å². The summed E-state index contributed by atoms with van der Waals surface area (Å²) in [7, 11) is 1.57. The average molecular weight is 420 g/mol. The molecule has 31 heavy (non-hydrogen) atoms. The molecule has 8 heteroatoms. The summed E-state index contributed by atoms with van der Waals surface area (Å²) >= 11 is 0. The number of fused-ring (bicyclic) bond motifs is 1. The fraction of sp³-hybridized carbons (Fsp3) is 0.261. The Morgan fingerprint density at radius 2 is 1.87 bits per heavy atom. The summed E-state index contributed by atoms with van der Waals surface area (Å²) in [5, 5.41) is 6.47. The smallest absolute Gasteiger partial charge is 0.324 e. The molecule has 0 aliphatic carbocycles. The first-order valence-electron chi connectivity index (χ1n) is 10.1. The van der Waals surface area contributed by atoms with Gasteiger partial charge in [-0.05, 0) is 24.1 Å². The summed E-state index contributed by atoms with van der Waals surface area (Å²) in [6, 6.07) is 13.9. The Morgan fingerprint density at radius 3 is 2.71 bits per heavy atom. The average Bonchev–Trinajstić information content (AvgIpc) is 3.31. The van der Waals surface area contributed by atoms with Crippen molar-refractivity contribution < 1.29 is 19.1 Å². The van der Waals surface area contributed by atoms with E-state index < -0.39 is 12.1 Å². The molecule has 2 aromatic carbocycles. The number of rotatable bonds is 8. The van der Waals surface area contributed by atoms with Gasteiger partial charge < -0.3 is 20.4 Å². The lowest BCUT2D eigenvalue weighted by Gasteiger charge is -2.13. The number of carbonyl (C=O) groups is 3. The van der Waals surface area contributed by atoms with E-state index in [1.54, 1.807) is 7.11 Å². The third-order valence-corrected chi connectivity index (χ3v) is 5.44. The van der Waals surface area contributed by atoms with Crippen LogP contribution in [0, 0.1) is 0 Å². The molecular formula is C23H24N4O4. The summed E-state index contributed by atoms with van der Waals surface area (Å²) in [5.74, 6) is -0.0168. The van der Waals surface area contributed by atoms with Crippen molar-refractivity contribution in [1.29, 1.82) is 0 Å². The van der Waals surface area contributed by atoms with Crippen LogP contribution in [0.3, 0.4) is 0 Å². The molecule has 3 aromatic rings. The Kier molecular flexibility index (Phi) is 5.88. The first-order chi connectivity index (χ1) is 15.1. The van der Waals surface area contributed by atoms with E-state index >= 15 is 0 Å². The van der Waals surface area contributed by atoms with Crippen molar-refractivity contribution >= 4 is 28.7 Å². The van der Waals surface area contributed by atoms with E-state index in [0.29, 0.717) is 12.2 Å². The number of benzene rings is 2. The topological polar surface area (TPSA) is 104 Å². The molecule has 1 aromatic heterocycles. The summed E-state index contributed by atoms with van der Waals surface area (Å²) in [4.78, 5) is 41.7. The monoisotopic (exact) mass is 420 g/mol. The van der Waals surface area contributed by atoms with Crippen molar-refractivity contribution in [1.82, 2.24) is 20.5 Å². The normalized spacial score (nSPS) is 15.9. The van der Waals surface area contributed by atoms with Crippen LogP contribution in [0.2, 0.25) is 0 Å². The Hall–Kier alpha value is -3.81. The second-order valence-corrected chi connectivity index (χ2v) is 7.39. The van der Waals surface area contributed by atoms with Crippen LogP contribution in [0.5, 0.6) is 5.75 Å². The van der Waals surface area contributed by atoms with Gasteiger partial charge in [0.05, 0.1) is 13.5 Å². The molecule has 4 amide bonds. The maximum Gasteiger partial charge on any atom is 0.324 e. The van der Waals surface area contributed by atoms with Crippen LogP contribution < -0.4 is 15.4 Å². The van der Waals surface area contributed by atoms with E-state index in [2.05, 4.69) is 15.6 Å². The number of nitrogens with one attached hydrogen (secondary N) is 3. The van der Waals surface area contributed by atoms with Crippen LogP contribution >= 0.6 is 0 Å². The number of carbonyl (C=O) groups excluding carboxylic acids is 3. The zero-order chi connectivity index (χ0) is 21.8. The Bertz CT molecular complexity index is 1120. The largest absolute Gasteiger partial charge is 0.496 e. The highest BCUT2D eigenvalue weighted by atomic mass is 16.5. The number of ether oxygens (including phenoxy) is 1. The Labute approximate surface area is 179 Å². The fourth-order valence-electron chi connectivity index (χ4n) is 3.80. The predicted molar refractivity (Wildman–Crippen MR) is 115 cm³/mol. The van der Waals surface area contributed by atoms with Crippen molar-refractivity contribution in [2.45, 2.75) is 25.4 Å². The fourth-order valence-corrected chi connectivity index (χ4v) is 3.80. The van der Waals surface area contributed by atoms with E-state index in [4.69, 9.17) is 4.74 Å². The zero-order valence-electron chi connectivity index (χ0n) is 17.2. The molecule has 0 saturated carbocycles. The van der Waals surface area contributed by atoms with Crippen molar-refractivity contribution in [3.8, 4) is 5.75 Å². The summed E-state index contributed by atoms with van der Waals surface area (Å²) in [6.07, 6.45) is 2.32. The molecule has 8 nitrogen and oxygen atoms in total. The van der Waals surface area contributed by atoms with Crippen molar-refractivity contribution in [3.05, 3.63) is 65.9 Å². The molecule has 4 rings (SSSR count). The van der Waals surface area contributed by atoms with E-state index in [1.807, 2.05) is 54.7 Å². The predicted octanol–water partition coefficient (Wildman–Crippen LogP) is 2.35. The van der Waals surface area contributed by atoms with E-state index in [9.17, 15) is 14.4 Å². The molecule has 3 N–H and O–H groups in total. The quantitative estimate of drug-likeness (QED) is 0.487. The van der Waals surface area contributed by atoms with Gasteiger partial charge in [0.1, 0.15) is 11.8 Å². The minimum Gasteiger partial charge on any atom is -0.496 e. The number of methoxy groups -OCH3 is 1. The molecule has 0 spiro atoms. The molecule has 1 aliphatic rings. The van der Waals surface area contributed by atoms with Crippen LogP contribution in [0.4, 0.5) is 4.79 Å². The lowest BCUT2D eigenvalue weighted by Crippen LogP contribution is -2.36. The number of aromatic amines is 1. The maximum absolute atomic E-state index is 12.7. The maximum atomic E-state index is 12.7. The number of aromatic nitrogens is 1. The number of hydrogen-bond donors (Lipinski definition) is 3. The molecule has 0 radical (unpaired) electrons. The molecule has 1 fully saturated rings. The highest BCUT2D eigenvalue weighted by Crippen LogP contribution is 2.20. The second kappa shape index (κ2) is 8.91. The first kappa shape index (κ1) is 20.5. The van der Waals surface area contributed by atoms with E-state index in [1.165, 1.54) is 4.90 Å². The number of H-pyrrole nitrogens is 1. The van der Waals surface area contributed by atoms with Crippen LogP contribution in [-0.4, -0.2) is 47.4 Å². The number of imide groups is 1. The van der Waals surface area contributed by atoms with Gasteiger partial charge in [0.2, 0.25) is 5.91 Å². The van der Waals surface area contributed by atoms with Gasteiger partial charge in [0.15, 0.2) is 0 Å². The number of nitrogens with zero attached hydrogens (tertiary/aromatic N) is 1. The van der Waals surface area contributed by atoms with Crippen LogP contribution in [0.25, 0.3) is 10.9 Å². The highest BCUT2D eigenvalue weighted by Gasteiger charge is 2.38. The summed E-state index contributed by atoms with van der Waals surface area (Å²) < 4.78 is 5.27. The third kappa shape index (κ3) is 4.37. The standard InChI is InChI=1S/C23H24N4O4/c1-31-20-9-5-2-6-16(20)14-25-21(28)12-19-22(29)27(23(30)26-19)11-10-15-13-24-18-8-4-3-7-17(15)18/h2-9,13,19,24H,10-12,14H2,1H3,(H,25,28)(H,26,30)/t19-/m0/s1. The zero-order valence-corrected chi connectivity index (χ0v) is 17.2. The minimum absolute atomic E-state index is 0.108. The van der Waals surface area contributed by atoms with Gasteiger partial charge in [-0.25, -0.2) is 4.79 Å². The molecule has 160 valence electrons. The molecule has 1 saturated heterocycles. The highest BCUT2D eigenvalue weighted by molar-refractivity contribution is 6.05. The second-order valence-electron chi connectivity index (χ2n) is 7.39. The number of para-hydroxylation sites is 2. The Morgan fingerprint density at radius 1 is 1.10 bits per heavy atom. The number of urea groups is 1. The Balaban J connectivity index is 1.32. The number of hydrogen-bond acceptors (Lipinski definition) is 4.